The van der Waals surface area contributed by atoms with Gasteiger partial charge in [-0.15, -0.1) is 0 Å². The average Bonchev–Trinajstić information content (AvgIpc) is 2.34. The van der Waals surface area contributed by atoms with Gasteiger partial charge in [0.05, 0.1) is 6.07 Å². The molecule has 1 aliphatic carbocycles. The van der Waals surface area contributed by atoms with Crippen molar-refractivity contribution in [3.05, 3.63) is 65.8 Å². The van der Waals surface area contributed by atoms with Crippen molar-refractivity contribution in [1.29, 1.82) is 5.26 Å². The molecule has 0 atom stereocenters. The second kappa shape index (κ2) is 4.18. The number of rotatable bonds is 1. The van der Waals surface area contributed by atoms with Gasteiger partial charge in [-0.2, -0.15) is 5.26 Å². The summed E-state index contributed by atoms with van der Waals surface area (Å²) in [6.45, 7) is 0. The Kier molecular flexibility index (Phi) is 2.72. The van der Waals surface area contributed by atoms with Crippen molar-refractivity contribution in [2.45, 2.75) is 5.54 Å². The van der Waals surface area contributed by atoms with Crippen LogP contribution in [0.25, 0.3) is 6.08 Å². The normalized spacial score (nSPS) is 22.9. The van der Waals surface area contributed by atoms with Gasteiger partial charge >= 0.3 is 0 Å². The summed E-state index contributed by atoms with van der Waals surface area (Å²) in [4.78, 5) is 0. The Morgan fingerprint density at radius 3 is 2.31 bits per heavy atom. The van der Waals surface area contributed by atoms with Gasteiger partial charge in [-0.25, -0.2) is 0 Å². The molecule has 0 aromatic heterocycles. The quantitative estimate of drug-likeness (QED) is 0.770. The van der Waals surface area contributed by atoms with E-state index >= 15 is 0 Å². The van der Waals surface area contributed by atoms with Crippen LogP contribution in [-0.2, 0) is 0 Å². The molecule has 0 radical (unpaired) electrons. The number of allylic oxidation sites excluding steroid dienone is 3. The molecule has 78 valence electrons. The highest BCUT2D eigenvalue weighted by molar-refractivity contribution is 5.61. The lowest BCUT2D eigenvalue weighted by Gasteiger charge is -2.15. The third-order valence-corrected chi connectivity index (χ3v) is 2.43. The molecule has 16 heavy (non-hydrogen) atoms. The van der Waals surface area contributed by atoms with Crippen LogP contribution in [0.3, 0.4) is 0 Å². The number of benzene rings is 1. The Morgan fingerprint density at radius 1 is 1.12 bits per heavy atom. The van der Waals surface area contributed by atoms with Crippen molar-refractivity contribution in [3.63, 3.8) is 0 Å². The van der Waals surface area contributed by atoms with Gasteiger partial charge in [0.15, 0.2) is 0 Å². The SMILES string of the molecule is N#CC1(N)C=CC(=Cc2ccccc2)C=C1. The zero-order valence-corrected chi connectivity index (χ0v) is 8.80. The lowest BCUT2D eigenvalue weighted by molar-refractivity contribution is 0.833. The van der Waals surface area contributed by atoms with E-state index in [0.29, 0.717) is 0 Å². The molecule has 0 saturated heterocycles. The molecular weight excluding hydrogens is 196 g/mol. The van der Waals surface area contributed by atoms with Crippen LogP contribution in [0.4, 0.5) is 0 Å². The molecule has 2 heteroatoms. The van der Waals surface area contributed by atoms with Crippen molar-refractivity contribution in [2.75, 3.05) is 0 Å². The van der Waals surface area contributed by atoms with E-state index in [1.807, 2.05) is 54.6 Å². The molecule has 2 nitrogen and oxygen atoms in total. The lowest BCUT2D eigenvalue weighted by Crippen LogP contribution is -2.34. The van der Waals surface area contributed by atoms with E-state index in [0.717, 1.165) is 11.1 Å². The molecule has 1 aliphatic rings. The largest absolute Gasteiger partial charge is 0.307 e. The molecule has 2 rings (SSSR count). The van der Waals surface area contributed by atoms with E-state index in [1.165, 1.54) is 0 Å². The van der Waals surface area contributed by atoms with Gasteiger partial charge in [-0.1, -0.05) is 42.5 Å². The molecule has 0 aliphatic heterocycles. The maximum Gasteiger partial charge on any atom is 0.142 e. The summed E-state index contributed by atoms with van der Waals surface area (Å²) in [5.41, 5.74) is 6.98. The minimum absolute atomic E-state index is 0.950. The first-order valence-corrected chi connectivity index (χ1v) is 5.07. The van der Waals surface area contributed by atoms with E-state index in [-0.39, 0.29) is 0 Å². The molecule has 0 amide bonds. The number of hydrogen-bond acceptors (Lipinski definition) is 2. The standard InChI is InChI=1S/C14H12N2/c15-11-14(16)8-6-13(7-9-14)10-12-4-2-1-3-5-12/h1-10H,16H2. The maximum atomic E-state index is 8.83. The Balaban J connectivity index is 2.23. The second-order valence-electron chi connectivity index (χ2n) is 3.77. The average molecular weight is 208 g/mol. The highest BCUT2D eigenvalue weighted by atomic mass is 14.7. The van der Waals surface area contributed by atoms with Crippen molar-refractivity contribution in [1.82, 2.24) is 0 Å². The summed E-state index contributed by atoms with van der Waals surface area (Å²) >= 11 is 0. The van der Waals surface area contributed by atoms with Gasteiger partial charge in [0, 0.05) is 0 Å². The van der Waals surface area contributed by atoms with E-state index in [9.17, 15) is 0 Å². The zero-order valence-electron chi connectivity index (χ0n) is 8.80. The summed E-state index contributed by atoms with van der Waals surface area (Å²) in [5, 5.41) is 8.83. The first-order valence-electron chi connectivity index (χ1n) is 5.07. The zero-order chi connectivity index (χ0) is 11.4. The van der Waals surface area contributed by atoms with Crippen LogP contribution in [-0.4, -0.2) is 5.54 Å². The number of nitriles is 1. The highest BCUT2D eigenvalue weighted by Gasteiger charge is 2.18. The molecule has 0 spiro atoms. The maximum absolute atomic E-state index is 8.83. The predicted molar refractivity (Wildman–Crippen MR) is 65.2 cm³/mol. The second-order valence-corrected chi connectivity index (χ2v) is 3.77. The van der Waals surface area contributed by atoms with Crippen LogP contribution in [0, 0.1) is 11.3 Å². The molecular formula is C14H12N2. The molecule has 1 aromatic carbocycles. The van der Waals surface area contributed by atoms with E-state index in [4.69, 9.17) is 11.0 Å². The molecule has 1 aromatic rings. The van der Waals surface area contributed by atoms with Crippen LogP contribution in [0.15, 0.2) is 60.2 Å². The van der Waals surface area contributed by atoms with Crippen molar-refractivity contribution < 1.29 is 0 Å². The van der Waals surface area contributed by atoms with Gasteiger partial charge in [0.25, 0.3) is 0 Å². The van der Waals surface area contributed by atoms with E-state index < -0.39 is 5.54 Å². The van der Waals surface area contributed by atoms with Crippen molar-refractivity contribution >= 4 is 6.08 Å². The van der Waals surface area contributed by atoms with Gasteiger partial charge in [0.2, 0.25) is 0 Å². The Hall–Kier alpha value is -2.11. The smallest absolute Gasteiger partial charge is 0.142 e. The highest BCUT2D eigenvalue weighted by Crippen LogP contribution is 2.17. The lowest BCUT2D eigenvalue weighted by atomic mass is 9.94. The molecule has 0 fully saturated rings. The van der Waals surface area contributed by atoms with Gasteiger partial charge < -0.3 is 5.73 Å². The van der Waals surface area contributed by atoms with Crippen LogP contribution >= 0.6 is 0 Å². The Bertz CT molecular complexity index is 485. The van der Waals surface area contributed by atoms with Crippen LogP contribution in [0.2, 0.25) is 0 Å². The van der Waals surface area contributed by atoms with Crippen molar-refractivity contribution in [2.24, 2.45) is 5.73 Å². The molecule has 0 unspecified atom stereocenters. The number of nitrogens with two attached hydrogens (primary N) is 1. The fourth-order valence-corrected chi connectivity index (χ4v) is 1.49. The first kappa shape index (κ1) is 10.4. The van der Waals surface area contributed by atoms with Crippen LogP contribution < -0.4 is 5.73 Å². The summed E-state index contributed by atoms with van der Waals surface area (Å²) in [5.74, 6) is 0. The third-order valence-electron chi connectivity index (χ3n) is 2.43. The Morgan fingerprint density at radius 2 is 1.75 bits per heavy atom. The number of nitrogens with zero attached hydrogens (tertiary/aromatic N) is 1. The fourth-order valence-electron chi connectivity index (χ4n) is 1.49. The van der Waals surface area contributed by atoms with Gasteiger partial charge in [-0.05, 0) is 29.4 Å². The monoisotopic (exact) mass is 208 g/mol. The first-order chi connectivity index (χ1) is 7.72. The summed E-state index contributed by atoms with van der Waals surface area (Å²) in [6, 6.07) is 12.1. The molecule has 0 bridgehead atoms. The summed E-state index contributed by atoms with van der Waals surface area (Å²) in [6.07, 6.45) is 9.21. The van der Waals surface area contributed by atoms with Gasteiger partial charge in [0.1, 0.15) is 5.54 Å². The van der Waals surface area contributed by atoms with E-state index in [2.05, 4.69) is 0 Å². The minimum Gasteiger partial charge on any atom is -0.307 e. The Labute approximate surface area is 95.0 Å². The van der Waals surface area contributed by atoms with Gasteiger partial charge in [-0.3, -0.25) is 0 Å². The van der Waals surface area contributed by atoms with E-state index in [1.54, 1.807) is 12.2 Å². The summed E-state index contributed by atoms with van der Waals surface area (Å²) < 4.78 is 0. The molecule has 0 heterocycles. The fraction of sp³-hybridized carbons (Fsp3) is 0.0714. The summed E-state index contributed by atoms with van der Waals surface area (Å²) in [7, 11) is 0. The van der Waals surface area contributed by atoms with Crippen LogP contribution in [0.1, 0.15) is 5.56 Å². The minimum atomic E-state index is -0.950. The van der Waals surface area contributed by atoms with Crippen LogP contribution in [0.5, 0.6) is 0 Å². The topological polar surface area (TPSA) is 49.8 Å². The third kappa shape index (κ3) is 2.28. The predicted octanol–water partition coefficient (Wildman–Crippen LogP) is 2.42. The molecule has 2 N–H and O–H groups in total. The number of hydrogen-bond donors (Lipinski definition) is 1. The van der Waals surface area contributed by atoms with Crippen molar-refractivity contribution in [3.8, 4) is 6.07 Å². The molecule has 0 saturated carbocycles.